The van der Waals surface area contributed by atoms with Crippen molar-refractivity contribution in [3.05, 3.63) is 53.2 Å². The Bertz CT molecular complexity index is 926. The van der Waals surface area contributed by atoms with E-state index in [4.69, 9.17) is 5.26 Å². The van der Waals surface area contributed by atoms with Gasteiger partial charge in [-0.05, 0) is 37.6 Å². The zero-order chi connectivity index (χ0) is 18.0. The number of hydrogen-bond donors (Lipinski definition) is 0. The molecule has 6 nitrogen and oxygen atoms in total. The van der Waals surface area contributed by atoms with Crippen LogP contribution in [0.5, 0.6) is 0 Å². The first-order chi connectivity index (χ1) is 11.9. The van der Waals surface area contributed by atoms with E-state index in [0.717, 1.165) is 11.1 Å². The summed E-state index contributed by atoms with van der Waals surface area (Å²) in [6.45, 7) is 5.66. The number of hydrogen-bond acceptors (Lipinski definition) is 5. The molecule has 0 aliphatic carbocycles. The van der Waals surface area contributed by atoms with Crippen molar-refractivity contribution in [2.45, 2.75) is 18.7 Å². The SMILES string of the molecule is Cc1ccc(S(=O)(=O)N2CCN(c3cc(C#N)ccn3)CC2)c(C)c1. The van der Waals surface area contributed by atoms with E-state index in [1.54, 1.807) is 24.4 Å². The summed E-state index contributed by atoms with van der Waals surface area (Å²) in [6.07, 6.45) is 1.60. The molecule has 1 fully saturated rings. The fraction of sp³-hybridized carbons (Fsp3) is 0.333. The number of nitrogens with zero attached hydrogens (tertiary/aromatic N) is 4. The van der Waals surface area contributed by atoms with E-state index in [-0.39, 0.29) is 0 Å². The summed E-state index contributed by atoms with van der Waals surface area (Å²) in [4.78, 5) is 6.67. The van der Waals surface area contributed by atoms with Gasteiger partial charge in [0.15, 0.2) is 0 Å². The monoisotopic (exact) mass is 356 g/mol. The van der Waals surface area contributed by atoms with Crippen LogP contribution in [-0.2, 0) is 10.0 Å². The maximum atomic E-state index is 12.9. The van der Waals surface area contributed by atoms with Gasteiger partial charge in [-0.1, -0.05) is 17.7 Å². The highest BCUT2D eigenvalue weighted by Gasteiger charge is 2.29. The van der Waals surface area contributed by atoms with Gasteiger partial charge in [0.1, 0.15) is 5.82 Å². The van der Waals surface area contributed by atoms with Crippen LogP contribution in [0.15, 0.2) is 41.4 Å². The normalized spacial score (nSPS) is 15.8. The van der Waals surface area contributed by atoms with Gasteiger partial charge in [-0.2, -0.15) is 9.57 Å². The Morgan fingerprint density at radius 1 is 1.08 bits per heavy atom. The van der Waals surface area contributed by atoms with Crippen LogP contribution in [0.1, 0.15) is 16.7 Å². The van der Waals surface area contributed by atoms with Gasteiger partial charge < -0.3 is 4.90 Å². The van der Waals surface area contributed by atoms with Crippen molar-refractivity contribution in [3.63, 3.8) is 0 Å². The van der Waals surface area contributed by atoms with E-state index < -0.39 is 10.0 Å². The minimum Gasteiger partial charge on any atom is -0.354 e. The molecule has 0 radical (unpaired) electrons. The lowest BCUT2D eigenvalue weighted by atomic mass is 10.2. The molecule has 25 heavy (non-hydrogen) atoms. The van der Waals surface area contributed by atoms with Gasteiger partial charge in [0, 0.05) is 32.4 Å². The number of rotatable bonds is 3. The van der Waals surface area contributed by atoms with Crippen LogP contribution in [-0.4, -0.2) is 43.9 Å². The van der Waals surface area contributed by atoms with Gasteiger partial charge in [0.25, 0.3) is 0 Å². The third-order valence-electron chi connectivity index (χ3n) is 4.39. The number of benzene rings is 1. The topological polar surface area (TPSA) is 77.3 Å². The molecule has 0 N–H and O–H groups in total. The lowest BCUT2D eigenvalue weighted by molar-refractivity contribution is 0.383. The summed E-state index contributed by atoms with van der Waals surface area (Å²) < 4.78 is 27.3. The molecule has 2 aromatic rings. The summed E-state index contributed by atoms with van der Waals surface area (Å²) in [6, 6.07) is 10.9. The predicted molar refractivity (Wildman–Crippen MR) is 95.8 cm³/mol. The van der Waals surface area contributed by atoms with Gasteiger partial charge in [0.2, 0.25) is 10.0 Å². The van der Waals surface area contributed by atoms with Crippen molar-refractivity contribution in [2.24, 2.45) is 0 Å². The molecule has 0 atom stereocenters. The lowest BCUT2D eigenvalue weighted by Crippen LogP contribution is -2.49. The van der Waals surface area contributed by atoms with Gasteiger partial charge in [0.05, 0.1) is 16.5 Å². The maximum Gasteiger partial charge on any atom is 0.243 e. The van der Waals surface area contributed by atoms with Crippen molar-refractivity contribution in [1.29, 1.82) is 5.26 Å². The third kappa shape index (κ3) is 3.50. The largest absolute Gasteiger partial charge is 0.354 e. The van der Waals surface area contributed by atoms with E-state index in [2.05, 4.69) is 11.1 Å². The van der Waals surface area contributed by atoms with E-state index in [0.29, 0.717) is 42.5 Å². The Balaban J connectivity index is 1.76. The first kappa shape index (κ1) is 17.4. The second kappa shape index (κ2) is 6.82. The minimum atomic E-state index is -3.49. The summed E-state index contributed by atoms with van der Waals surface area (Å²) in [7, 11) is -3.49. The van der Waals surface area contributed by atoms with Crippen molar-refractivity contribution in [2.75, 3.05) is 31.1 Å². The molecule has 1 aliphatic heterocycles. The predicted octanol–water partition coefficient (Wildman–Crippen LogP) is 2.08. The molecule has 1 aliphatic rings. The Hall–Kier alpha value is -2.43. The van der Waals surface area contributed by atoms with E-state index in [1.165, 1.54) is 4.31 Å². The Kier molecular flexibility index (Phi) is 4.75. The molecule has 1 aromatic heterocycles. The van der Waals surface area contributed by atoms with Crippen LogP contribution < -0.4 is 4.90 Å². The number of pyridine rings is 1. The van der Waals surface area contributed by atoms with Gasteiger partial charge in [-0.25, -0.2) is 13.4 Å². The second-order valence-corrected chi connectivity index (χ2v) is 8.08. The molecule has 130 valence electrons. The highest BCUT2D eigenvalue weighted by atomic mass is 32.2. The van der Waals surface area contributed by atoms with Gasteiger partial charge in [-0.15, -0.1) is 0 Å². The Morgan fingerprint density at radius 2 is 1.80 bits per heavy atom. The van der Waals surface area contributed by atoms with Gasteiger partial charge in [-0.3, -0.25) is 0 Å². The van der Waals surface area contributed by atoms with E-state index in [9.17, 15) is 8.42 Å². The molecule has 0 spiro atoms. The highest BCUT2D eigenvalue weighted by Crippen LogP contribution is 2.23. The first-order valence-electron chi connectivity index (χ1n) is 8.10. The number of anilines is 1. The van der Waals surface area contributed by atoms with Gasteiger partial charge >= 0.3 is 0 Å². The third-order valence-corrected chi connectivity index (χ3v) is 6.44. The zero-order valence-electron chi connectivity index (χ0n) is 14.3. The second-order valence-electron chi connectivity index (χ2n) is 6.17. The molecule has 0 amide bonds. The standard InChI is InChI=1S/C18H20N4O2S/c1-14-3-4-17(15(2)11-14)25(23,24)22-9-7-21(8-10-22)18-12-16(13-19)5-6-20-18/h3-6,11-12H,7-10H2,1-2H3. The number of nitriles is 1. The molecule has 2 heterocycles. The molecular weight excluding hydrogens is 336 g/mol. The smallest absolute Gasteiger partial charge is 0.243 e. The Labute approximate surface area is 148 Å². The lowest BCUT2D eigenvalue weighted by Gasteiger charge is -2.35. The minimum absolute atomic E-state index is 0.371. The van der Waals surface area contributed by atoms with Crippen LogP contribution in [0.4, 0.5) is 5.82 Å². The summed E-state index contributed by atoms with van der Waals surface area (Å²) in [5, 5.41) is 9.00. The van der Waals surface area contributed by atoms with Crippen LogP contribution in [0.3, 0.4) is 0 Å². The maximum absolute atomic E-state index is 12.9. The molecule has 0 saturated carbocycles. The molecule has 7 heteroatoms. The number of aryl methyl sites for hydroxylation is 2. The first-order valence-corrected chi connectivity index (χ1v) is 9.54. The van der Waals surface area contributed by atoms with E-state index >= 15 is 0 Å². The average molecular weight is 356 g/mol. The summed E-state index contributed by atoms with van der Waals surface area (Å²) >= 11 is 0. The van der Waals surface area contributed by atoms with Crippen molar-refractivity contribution in [1.82, 2.24) is 9.29 Å². The molecule has 1 aromatic carbocycles. The fourth-order valence-electron chi connectivity index (χ4n) is 3.05. The van der Waals surface area contributed by atoms with Crippen LogP contribution in [0.25, 0.3) is 0 Å². The molecule has 1 saturated heterocycles. The van der Waals surface area contributed by atoms with Crippen molar-refractivity contribution < 1.29 is 8.42 Å². The van der Waals surface area contributed by atoms with E-state index in [1.807, 2.05) is 30.9 Å². The fourth-order valence-corrected chi connectivity index (χ4v) is 4.67. The summed E-state index contributed by atoms with van der Waals surface area (Å²) in [5.74, 6) is 0.711. The molecule has 3 rings (SSSR count). The van der Waals surface area contributed by atoms with Crippen LogP contribution >= 0.6 is 0 Å². The van der Waals surface area contributed by atoms with Crippen molar-refractivity contribution >= 4 is 15.8 Å². The number of aromatic nitrogens is 1. The molecule has 0 bridgehead atoms. The zero-order valence-corrected chi connectivity index (χ0v) is 15.1. The van der Waals surface area contributed by atoms with Crippen molar-refractivity contribution in [3.8, 4) is 6.07 Å². The van der Waals surface area contributed by atoms with Crippen LogP contribution in [0.2, 0.25) is 0 Å². The quantitative estimate of drug-likeness (QED) is 0.841. The van der Waals surface area contributed by atoms with Crippen LogP contribution in [0, 0.1) is 25.2 Å². The average Bonchev–Trinajstić information content (AvgIpc) is 2.61. The number of piperazine rings is 1. The number of sulfonamides is 1. The Morgan fingerprint density at radius 3 is 2.44 bits per heavy atom. The summed E-state index contributed by atoms with van der Waals surface area (Å²) in [5.41, 5.74) is 2.37. The molecule has 0 unspecified atom stereocenters. The molecular formula is C18H20N4O2S. The highest BCUT2D eigenvalue weighted by molar-refractivity contribution is 7.89.